The number of unbranched alkanes of at least 4 members (excludes halogenated alkanes) is 1. The van der Waals surface area contributed by atoms with Crippen LogP contribution in [0.2, 0.25) is 0 Å². The van der Waals surface area contributed by atoms with Crippen molar-refractivity contribution < 1.29 is 19.5 Å². The summed E-state index contributed by atoms with van der Waals surface area (Å²) in [7, 11) is 0. The maximum absolute atomic E-state index is 14.1. The molecule has 0 radical (unpaired) electrons. The Morgan fingerprint density at radius 2 is 1.75 bits per heavy atom. The largest absolute Gasteiger partial charge is 0.396 e. The molecule has 0 aliphatic carbocycles. The van der Waals surface area contributed by atoms with Crippen molar-refractivity contribution in [1.29, 1.82) is 0 Å². The number of benzene rings is 3. The molecule has 3 N–H and O–H groups in total. The molecule has 3 aromatic rings. The molecule has 1 spiro atoms. The van der Waals surface area contributed by atoms with E-state index in [1.807, 2.05) is 72.8 Å². The van der Waals surface area contributed by atoms with Gasteiger partial charge < -0.3 is 20.6 Å². The zero-order chi connectivity index (χ0) is 27.9. The minimum absolute atomic E-state index is 0.0161. The highest BCUT2D eigenvalue weighted by Gasteiger charge is 2.75. The minimum Gasteiger partial charge on any atom is -0.396 e. The zero-order valence-electron chi connectivity index (χ0n) is 22.0. The van der Waals surface area contributed by atoms with Crippen molar-refractivity contribution in [3.8, 4) is 0 Å². The maximum Gasteiger partial charge on any atom is 0.248 e. The molecule has 3 aromatic carbocycles. The highest BCUT2D eigenvalue weighted by Crippen LogP contribution is 2.67. The van der Waals surface area contributed by atoms with Gasteiger partial charge in [0.15, 0.2) is 0 Å². The molecular weight excluding hydrogens is 590 g/mol. The summed E-state index contributed by atoms with van der Waals surface area (Å²) in [5, 5.41) is 17.6. The summed E-state index contributed by atoms with van der Waals surface area (Å²) in [5.74, 6) is -1.61. The monoisotopic (exact) mass is 621 g/mol. The van der Waals surface area contributed by atoms with Crippen LogP contribution in [0.15, 0.2) is 72.8 Å². The molecule has 2 bridgehead atoms. The topological polar surface area (TPSA) is 98.7 Å². The number of anilines is 1. The first-order valence-corrected chi connectivity index (χ1v) is 15.6. The third kappa shape index (κ3) is 4.72. The number of aliphatic hydroxyl groups excluding tert-OH is 1. The molecule has 3 aliphatic rings. The quantitative estimate of drug-likeness (QED) is 0.244. The molecule has 6 atom stereocenters. The number of nitrogens with zero attached hydrogens (tertiary/aromatic N) is 1. The summed E-state index contributed by atoms with van der Waals surface area (Å²) in [5.41, 5.74) is 1.67. The first-order chi connectivity index (χ1) is 19.4. The van der Waals surface area contributed by atoms with Crippen molar-refractivity contribution in [3.63, 3.8) is 0 Å². The molecule has 3 amide bonds. The zero-order valence-corrected chi connectivity index (χ0v) is 24.4. The third-order valence-electron chi connectivity index (χ3n) is 8.47. The number of nitrogens with one attached hydrogen (secondary N) is 2. The van der Waals surface area contributed by atoms with Crippen molar-refractivity contribution in [2.45, 2.75) is 46.7 Å². The number of hydrogen-bond donors (Lipinski definition) is 3. The van der Waals surface area contributed by atoms with Crippen molar-refractivity contribution in [2.75, 3.05) is 18.5 Å². The van der Waals surface area contributed by atoms with E-state index in [0.717, 1.165) is 16.3 Å². The molecule has 3 fully saturated rings. The lowest BCUT2D eigenvalue weighted by molar-refractivity contribution is -0.139. The molecule has 0 aromatic heterocycles. The van der Waals surface area contributed by atoms with Gasteiger partial charge in [-0.25, -0.2) is 0 Å². The fourth-order valence-corrected chi connectivity index (χ4v) is 10.4. The summed E-state index contributed by atoms with van der Waals surface area (Å²) in [4.78, 5) is 43.5. The first kappa shape index (κ1) is 27.3. The predicted molar refractivity (Wildman–Crippen MR) is 161 cm³/mol. The minimum atomic E-state index is -0.711. The van der Waals surface area contributed by atoms with Gasteiger partial charge in [0, 0.05) is 35.5 Å². The van der Waals surface area contributed by atoms with Crippen LogP contribution >= 0.6 is 27.7 Å². The fourth-order valence-electron chi connectivity index (χ4n) is 6.74. The van der Waals surface area contributed by atoms with Crippen molar-refractivity contribution >= 4 is 61.9 Å². The number of hydrogen-bond acceptors (Lipinski definition) is 5. The second-order valence-electron chi connectivity index (χ2n) is 10.9. The van der Waals surface area contributed by atoms with E-state index in [2.05, 4.69) is 26.6 Å². The first-order valence-electron chi connectivity index (χ1n) is 13.8. The van der Waals surface area contributed by atoms with Crippen LogP contribution in [0, 0.1) is 11.8 Å². The van der Waals surface area contributed by atoms with Gasteiger partial charge in [-0.1, -0.05) is 76.6 Å². The van der Waals surface area contributed by atoms with Gasteiger partial charge in [-0.2, -0.15) is 0 Å². The number of aliphatic hydroxyl groups is 1. The Kier molecular flexibility index (Phi) is 7.63. The molecule has 6 rings (SSSR count). The molecule has 3 heterocycles. The standard InChI is InChI=1S/C31H32BrN3O4S/c32-23-17-31-25(24(26(23)40-31)28(37)33-18-19-8-2-1-3-9-19)30(39)35(14-6-7-15-36)27(31)29(38)34-22-13-12-20-10-4-5-11-21(20)16-22/h1-5,8-13,16,23-27,36H,6-7,14-15,17-18H2,(H,33,37)(H,34,38)/t23?,24-,25+,26-,27?,31?/m1/s1. The van der Waals surface area contributed by atoms with Crippen LogP contribution in [0.4, 0.5) is 5.69 Å². The third-order valence-corrected chi connectivity index (χ3v) is 11.7. The summed E-state index contributed by atoms with van der Waals surface area (Å²) in [6.07, 6.45) is 1.76. The van der Waals surface area contributed by atoms with E-state index in [-0.39, 0.29) is 34.4 Å². The van der Waals surface area contributed by atoms with E-state index in [9.17, 15) is 19.5 Å². The molecule has 0 saturated carbocycles. The van der Waals surface area contributed by atoms with Crippen LogP contribution < -0.4 is 10.6 Å². The lowest BCUT2D eigenvalue weighted by Crippen LogP contribution is -2.53. The van der Waals surface area contributed by atoms with Gasteiger partial charge in [0.1, 0.15) is 6.04 Å². The van der Waals surface area contributed by atoms with Crippen molar-refractivity contribution in [3.05, 3.63) is 78.4 Å². The number of amides is 3. The Bertz CT molecular complexity index is 1440. The predicted octanol–water partition coefficient (Wildman–Crippen LogP) is 4.33. The van der Waals surface area contributed by atoms with Crippen molar-refractivity contribution in [1.82, 2.24) is 10.2 Å². The molecule has 40 heavy (non-hydrogen) atoms. The Morgan fingerprint density at radius 1 is 1.00 bits per heavy atom. The van der Waals surface area contributed by atoms with E-state index in [1.165, 1.54) is 0 Å². The highest BCUT2D eigenvalue weighted by atomic mass is 79.9. The second kappa shape index (κ2) is 11.2. The van der Waals surface area contributed by atoms with E-state index >= 15 is 0 Å². The highest BCUT2D eigenvalue weighted by molar-refractivity contribution is 9.09. The number of fused-ring (bicyclic) bond motifs is 2. The lowest BCUT2D eigenvalue weighted by atomic mass is 9.70. The summed E-state index contributed by atoms with van der Waals surface area (Å²) >= 11 is 5.44. The van der Waals surface area contributed by atoms with Crippen LogP contribution in [-0.4, -0.2) is 61.7 Å². The number of halogens is 1. The molecule has 7 nitrogen and oxygen atoms in total. The smallest absolute Gasteiger partial charge is 0.248 e. The van der Waals surface area contributed by atoms with Gasteiger partial charge in [-0.05, 0) is 47.7 Å². The Morgan fingerprint density at radius 3 is 2.52 bits per heavy atom. The van der Waals surface area contributed by atoms with E-state index in [0.29, 0.717) is 38.0 Å². The molecule has 3 aliphatic heterocycles. The summed E-state index contributed by atoms with van der Waals surface area (Å²) in [6, 6.07) is 22.8. The van der Waals surface area contributed by atoms with Gasteiger partial charge in [0.2, 0.25) is 17.7 Å². The molecule has 3 saturated heterocycles. The number of thioether (sulfide) groups is 1. The molecular formula is C31H32BrN3O4S. The summed E-state index contributed by atoms with van der Waals surface area (Å²) < 4.78 is -0.704. The lowest BCUT2D eigenvalue weighted by Gasteiger charge is -2.35. The van der Waals surface area contributed by atoms with Gasteiger partial charge in [0.25, 0.3) is 0 Å². The van der Waals surface area contributed by atoms with E-state index in [1.54, 1.807) is 16.7 Å². The van der Waals surface area contributed by atoms with Crippen LogP contribution in [0.5, 0.6) is 0 Å². The fraction of sp³-hybridized carbons (Fsp3) is 0.387. The van der Waals surface area contributed by atoms with Gasteiger partial charge in [-0.3, -0.25) is 14.4 Å². The maximum atomic E-state index is 14.1. The molecule has 9 heteroatoms. The average Bonchev–Trinajstić information content (AvgIpc) is 3.55. The Labute approximate surface area is 246 Å². The molecule has 208 valence electrons. The van der Waals surface area contributed by atoms with E-state index in [4.69, 9.17) is 0 Å². The van der Waals surface area contributed by atoms with Gasteiger partial charge >= 0.3 is 0 Å². The van der Waals surface area contributed by atoms with E-state index < -0.39 is 22.6 Å². The number of carbonyl (C=O) groups is 3. The molecule has 3 unspecified atom stereocenters. The van der Waals surface area contributed by atoms with Gasteiger partial charge in [0.05, 0.1) is 16.6 Å². The van der Waals surface area contributed by atoms with Gasteiger partial charge in [-0.15, -0.1) is 11.8 Å². The SMILES string of the molecule is O=C(Nc1ccc2ccccc2c1)C1N(CCCCO)C(=O)[C@@H]2[C@@H](C(=O)NCc3ccccc3)[C@@H]3SC12CC3Br. The number of alkyl halides is 1. The van der Waals surface area contributed by atoms with Crippen LogP contribution in [0.3, 0.4) is 0 Å². The second-order valence-corrected chi connectivity index (χ2v) is 13.6. The normalized spacial score (nSPS) is 28.6. The Hall–Kier alpha value is -2.88. The number of carbonyl (C=O) groups excluding carboxylic acids is 3. The van der Waals surface area contributed by atoms with Crippen molar-refractivity contribution in [2.24, 2.45) is 11.8 Å². The number of likely N-dealkylation sites (tertiary alicyclic amines) is 1. The van der Waals surface area contributed by atoms with Crippen LogP contribution in [0.1, 0.15) is 24.8 Å². The summed E-state index contributed by atoms with van der Waals surface area (Å²) in [6.45, 7) is 0.778. The van der Waals surface area contributed by atoms with Crippen LogP contribution in [0.25, 0.3) is 10.8 Å². The Balaban J connectivity index is 1.29. The van der Waals surface area contributed by atoms with Crippen LogP contribution in [-0.2, 0) is 20.9 Å². The average molecular weight is 623 g/mol. The number of rotatable bonds is 9.